The van der Waals surface area contributed by atoms with Gasteiger partial charge in [-0.15, -0.1) is 0 Å². The first kappa shape index (κ1) is 16.5. The van der Waals surface area contributed by atoms with Gasteiger partial charge in [0.05, 0.1) is 6.54 Å². The van der Waals surface area contributed by atoms with Crippen LogP contribution in [0.15, 0.2) is 60.7 Å². The van der Waals surface area contributed by atoms with Crippen LogP contribution in [-0.2, 0) is 11.2 Å². The molecule has 0 aromatic heterocycles. The predicted octanol–water partition coefficient (Wildman–Crippen LogP) is 3.98. The first-order valence-electron chi connectivity index (χ1n) is 8.60. The highest BCUT2D eigenvalue weighted by atomic mass is 16.2. The van der Waals surface area contributed by atoms with Gasteiger partial charge in [0.2, 0.25) is 5.91 Å². The number of amides is 1. The van der Waals surface area contributed by atoms with Crippen LogP contribution in [-0.4, -0.2) is 30.4 Å². The SMILES string of the molecule is CCc1cccc(NC(=O)CN2CC=C(c3ccccc3)CC2)c1. The van der Waals surface area contributed by atoms with E-state index in [2.05, 4.69) is 53.5 Å². The Balaban J connectivity index is 1.54. The maximum Gasteiger partial charge on any atom is 0.238 e. The Morgan fingerprint density at radius 3 is 2.67 bits per heavy atom. The van der Waals surface area contributed by atoms with Crippen molar-refractivity contribution in [3.63, 3.8) is 0 Å². The summed E-state index contributed by atoms with van der Waals surface area (Å²) in [5, 5.41) is 3.01. The molecule has 2 aromatic carbocycles. The van der Waals surface area contributed by atoms with E-state index in [0.717, 1.165) is 31.6 Å². The van der Waals surface area contributed by atoms with Crippen LogP contribution in [0.4, 0.5) is 5.69 Å². The lowest BCUT2D eigenvalue weighted by Crippen LogP contribution is -2.36. The molecule has 0 radical (unpaired) electrons. The molecule has 1 N–H and O–H groups in total. The summed E-state index contributed by atoms with van der Waals surface area (Å²) >= 11 is 0. The van der Waals surface area contributed by atoms with Crippen molar-refractivity contribution in [2.45, 2.75) is 19.8 Å². The van der Waals surface area contributed by atoms with Crippen molar-refractivity contribution >= 4 is 17.2 Å². The number of anilines is 1. The minimum atomic E-state index is 0.0554. The van der Waals surface area contributed by atoms with Crippen molar-refractivity contribution in [3.05, 3.63) is 71.8 Å². The van der Waals surface area contributed by atoms with E-state index in [-0.39, 0.29) is 5.91 Å². The number of hydrogen-bond acceptors (Lipinski definition) is 2. The second kappa shape index (κ2) is 7.93. The molecule has 3 nitrogen and oxygen atoms in total. The number of carbonyl (C=O) groups is 1. The van der Waals surface area contributed by atoms with Gasteiger partial charge in [0, 0.05) is 18.8 Å². The van der Waals surface area contributed by atoms with Crippen molar-refractivity contribution in [1.82, 2.24) is 4.90 Å². The number of nitrogens with one attached hydrogen (secondary N) is 1. The highest BCUT2D eigenvalue weighted by molar-refractivity contribution is 5.92. The second-order valence-electron chi connectivity index (χ2n) is 6.18. The van der Waals surface area contributed by atoms with Gasteiger partial charge in [-0.25, -0.2) is 0 Å². The molecule has 0 fully saturated rings. The Labute approximate surface area is 144 Å². The Kier molecular flexibility index (Phi) is 5.44. The molecule has 0 unspecified atom stereocenters. The Morgan fingerprint density at radius 2 is 1.96 bits per heavy atom. The quantitative estimate of drug-likeness (QED) is 0.904. The topological polar surface area (TPSA) is 32.3 Å². The number of nitrogens with zero attached hydrogens (tertiary/aromatic N) is 1. The summed E-state index contributed by atoms with van der Waals surface area (Å²) in [7, 11) is 0. The fourth-order valence-electron chi connectivity index (χ4n) is 3.04. The monoisotopic (exact) mass is 320 g/mol. The van der Waals surface area contributed by atoms with E-state index in [4.69, 9.17) is 0 Å². The van der Waals surface area contributed by atoms with Gasteiger partial charge in [-0.2, -0.15) is 0 Å². The lowest BCUT2D eigenvalue weighted by Gasteiger charge is -2.25. The summed E-state index contributed by atoms with van der Waals surface area (Å²) in [5.41, 5.74) is 4.79. The Morgan fingerprint density at radius 1 is 1.12 bits per heavy atom. The van der Waals surface area contributed by atoms with Gasteiger partial charge >= 0.3 is 0 Å². The van der Waals surface area contributed by atoms with Gasteiger partial charge in [-0.1, -0.05) is 55.5 Å². The number of benzene rings is 2. The third kappa shape index (κ3) is 4.33. The summed E-state index contributed by atoms with van der Waals surface area (Å²) in [6.45, 7) is 4.30. The Bertz CT molecular complexity index is 722. The summed E-state index contributed by atoms with van der Waals surface area (Å²) in [5.74, 6) is 0.0554. The molecule has 1 aliphatic heterocycles. The van der Waals surface area contributed by atoms with Crippen LogP contribution >= 0.6 is 0 Å². The molecule has 2 aromatic rings. The minimum absolute atomic E-state index is 0.0554. The molecular weight excluding hydrogens is 296 g/mol. The molecule has 1 aliphatic rings. The van der Waals surface area contributed by atoms with E-state index in [9.17, 15) is 4.79 Å². The zero-order valence-electron chi connectivity index (χ0n) is 14.2. The van der Waals surface area contributed by atoms with Crippen molar-refractivity contribution < 1.29 is 4.79 Å². The number of hydrogen-bond donors (Lipinski definition) is 1. The van der Waals surface area contributed by atoms with Gasteiger partial charge in [0.15, 0.2) is 0 Å². The molecule has 0 bridgehead atoms. The lowest BCUT2D eigenvalue weighted by atomic mass is 10.00. The molecule has 0 aliphatic carbocycles. The third-order valence-electron chi connectivity index (χ3n) is 4.42. The maximum atomic E-state index is 12.3. The van der Waals surface area contributed by atoms with Crippen molar-refractivity contribution in [3.8, 4) is 0 Å². The normalized spacial score (nSPS) is 15.0. The highest BCUT2D eigenvalue weighted by Crippen LogP contribution is 2.21. The molecule has 3 rings (SSSR count). The average molecular weight is 320 g/mol. The molecule has 3 heteroatoms. The summed E-state index contributed by atoms with van der Waals surface area (Å²) < 4.78 is 0. The average Bonchev–Trinajstić information content (AvgIpc) is 2.63. The molecule has 1 heterocycles. The van der Waals surface area contributed by atoms with Crippen LogP contribution in [0.3, 0.4) is 0 Å². The van der Waals surface area contributed by atoms with Gasteiger partial charge in [-0.05, 0) is 41.7 Å². The highest BCUT2D eigenvalue weighted by Gasteiger charge is 2.15. The summed E-state index contributed by atoms with van der Waals surface area (Å²) in [6.07, 6.45) is 4.20. The van der Waals surface area contributed by atoms with E-state index in [1.165, 1.54) is 16.7 Å². The van der Waals surface area contributed by atoms with Crippen molar-refractivity contribution in [2.75, 3.05) is 25.0 Å². The van der Waals surface area contributed by atoms with Crippen LogP contribution < -0.4 is 5.32 Å². The van der Waals surface area contributed by atoms with E-state index in [0.29, 0.717) is 6.54 Å². The van der Waals surface area contributed by atoms with Gasteiger partial charge in [0.25, 0.3) is 0 Å². The smallest absolute Gasteiger partial charge is 0.238 e. The number of carbonyl (C=O) groups excluding carboxylic acids is 1. The van der Waals surface area contributed by atoms with Gasteiger partial charge in [-0.3, -0.25) is 9.69 Å². The third-order valence-corrected chi connectivity index (χ3v) is 4.42. The van der Waals surface area contributed by atoms with Crippen molar-refractivity contribution in [1.29, 1.82) is 0 Å². The number of rotatable bonds is 5. The molecule has 0 saturated carbocycles. The molecular formula is C21H24N2O. The predicted molar refractivity (Wildman–Crippen MR) is 99.9 cm³/mol. The minimum Gasteiger partial charge on any atom is -0.325 e. The van der Waals surface area contributed by atoms with Crippen LogP contribution in [0.1, 0.15) is 24.5 Å². The van der Waals surface area contributed by atoms with Gasteiger partial charge < -0.3 is 5.32 Å². The zero-order chi connectivity index (χ0) is 16.8. The molecule has 124 valence electrons. The summed E-state index contributed by atoms with van der Waals surface area (Å²) in [4.78, 5) is 14.4. The van der Waals surface area contributed by atoms with Crippen molar-refractivity contribution in [2.24, 2.45) is 0 Å². The largest absolute Gasteiger partial charge is 0.325 e. The molecule has 0 atom stereocenters. The van der Waals surface area contributed by atoms with Crippen LogP contribution in [0.2, 0.25) is 0 Å². The fraction of sp³-hybridized carbons (Fsp3) is 0.286. The molecule has 1 amide bonds. The fourth-order valence-corrected chi connectivity index (χ4v) is 3.04. The molecule has 0 spiro atoms. The lowest BCUT2D eigenvalue weighted by molar-refractivity contribution is -0.117. The first-order valence-corrected chi connectivity index (χ1v) is 8.60. The summed E-state index contributed by atoms with van der Waals surface area (Å²) in [6, 6.07) is 18.5. The number of aryl methyl sites for hydroxylation is 1. The van der Waals surface area contributed by atoms with Crippen LogP contribution in [0.5, 0.6) is 0 Å². The molecule has 0 saturated heterocycles. The van der Waals surface area contributed by atoms with E-state index < -0.39 is 0 Å². The standard InChI is InChI=1S/C21H24N2O/c1-2-17-7-6-10-20(15-17)22-21(24)16-23-13-11-19(12-14-23)18-8-4-3-5-9-18/h3-11,15H,2,12-14,16H2,1H3,(H,22,24). The first-order chi connectivity index (χ1) is 11.7. The second-order valence-corrected chi connectivity index (χ2v) is 6.18. The van der Waals surface area contributed by atoms with E-state index >= 15 is 0 Å². The van der Waals surface area contributed by atoms with Crippen LogP contribution in [0.25, 0.3) is 5.57 Å². The van der Waals surface area contributed by atoms with E-state index in [1.54, 1.807) is 0 Å². The zero-order valence-corrected chi connectivity index (χ0v) is 14.2. The van der Waals surface area contributed by atoms with Gasteiger partial charge in [0.1, 0.15) is 0 Å². The Hall–Kier alpha value is -2.39. The van der Waals surface area contributed by atoms with E-state index in [1.807, 2.05) is 24.3 Å². The maximum absolute atomic E-state index is 12.3. The molecule has 24 heavy (non-hydrogen) atoms. The van der Waals surface area contributed by atoms with Crippen LogP contribution in [0, 0.1) is 0 Å².